The quantitative estimate of drug-likeness (QED) is 0.492. The van der Waals surface area contributed by atoms with Crippen LogP contribution in [0.25, 0.3) is 0 Å². The van der Waals surface area contributed by atoms with Crippen LogP contribution in [0.2, 0.25) is 0 Å². The van der Waals surface area contributed by atoms with E-state index in [0.717, 1.165) is 49.5 Å². The number of aliphatic hydroxyl groups is 1. The normalized spacial score (nSPS) is 25.6. The van der Waals surface area contributed by atoms with Gasteiger partial charge in [0.05, 0.1) is 5.76 Å². The van der Waals surface area contributed by atoms with Gasteiger partial charge in [-0.25, -0.2) is 9.38 Å². The smallest absolute Gasteiger partial charge is 0.145 e. The number of nitrogens with two attached hydrogens (primary N) is 1. The Labute approximate surface area is 185 Å². The fraction of sp³-hybridized carbons (Fsp3) is 0.480. The number of rotatable bonds is 5. The average molecular weight is 427 g/mol. The zero-order valence-corrected chi connectivity index (χ0v) is 18.9. The molecule has 0 bridgehead atoms. The van der Waals surface area contributed by atoms with E-state index in [0.29, 0.717) is 18.9 Å². The summed E-state index contributed by atoms with van der Waals surface area (Å²) in [5, 5.41) is 9.54. The lowest BCUT2D eigenvalue weighted by Crippen LogP contribution is -2.47. The van der Waals surface area contributed by atoms with Crippen LogP contribution >= 0.6 is 0 Å². The number of hydrogen-bond donors (Lipinski definition) is 2. The van der Waals surface area contributed by atoms with E-state index in [1.54, 1.807) is 0 Å². The molecule has 1 saturated heterocycles. The van der Waals surface area contributed by atoms with Crippen molar-refractivity contribution in [2.75, 3.05) is 26.7 Å². The van der Waals surface area contributed by atoms with Crippen LogP contribution in [0.3, 0.4) is 0 Å². The van der Waals surface area contributed by atoms with E-state index in [-0.39, 0.29) is 11.6 Å². The second-order valence-corrected chi connectivity index (χ2v) is 8.42. The van der Waals surface area contributed by atoms with Gasteiger partial charge >= 0.3 is 0 Å². The van der Waals surface area contributed by atoms with Gasteiger partial charge in [-0.05, 0) is 63.0 Å². The number of aliphatic hydroxyl groups excluding tert-OH is 1. The van der Waals surface area contributed by atoms with Crippen LogP contribution in [-0.2, 0) is 0 Å². The van der Waals surface area contributed by atoms with Crippen LogP contribution < -0.4 is 5.73 Å². The SMILES string of the molecule is CC\C(O)=C/C=C\C(F)=C\C1N=C(N2CCCC(CN)C2)C2=CCC=C(C)C=C2N1C. The van der Waals surface area contributed by atoms with Crippen LogP contribution in [0.15, 0.2) is 76.0 Å². The number of allylic oxidation sites excluding steroid dienone is 9. The third-order valence-corrected chi connectivity index (χ3v) is 6.04. The number of nitrogens with zero attached hydrogens (tertiary/aromatic N) is 3. The fourth-order valence-electron chi connectivity index (χ4n) is 4.16. The van der Waals surface area contributed by atoms with Gasteiger partial charge in [-0.3, -0.25) is 0 Å². The first-order valence-corrected chi connectivity index (χ1v) is 11.2. The molecule has 2 aliphatic heterocycles. The highest BCUT2D eigenvalue weighted by Crippen LogP contribution is 2.32. The van der Waals surface area contributed by atoms with E-state index in [9.17, 15) is 9.50 Å². The summed E-state index contributed by atoms with van der Waals surface area (Å²) in [5.41, 5.74) is 9.33. The maximum Gasteiger partial charge on any atom is 0.145 e. The number of fused-ring (bicyclic) bond motifs is 1. The Morgan fingerprint density at radius 2 is 2.19 bits per heavy atom. The second kappa shape index (κ2) is 10.6. The van der Waals surface area contributed by atoms with Gasteiger partial charge in [0.1, 0.15) is 17.8 Å². The Kier molecular flexibility index (Phi) is 7.91. The largest absolute Gasteiger partial charge is 0.512 e. The molecular weight excluding hydrogens is 391 g/mol. The van der Waals surface area contributed by atoms with Gasteiger partial charge in [-0.2, -0.15) is 0 Å². The first-order valence-electron chi connectivity index (χ1n) is 11.2. The highest BCUT2D eigenvalue weighted by atomic mass is 19.1. The van der Waals surface area contributed by atoms with E-state index in [4.69, 9.17) is 10.7 Å². The summed E-state index contributed by atoms with van der Waals surface area (Å²) in [6, 6.07) is 0. The third kappa shape index (κ3) is 5.76. The predicted molar refractivity (Wildman–Crippen MR) is 126 cm³/mol. The van der Waals surface area contributed by atoms with Gasteiger partial charge in [-0.15, -0.1) is 0 Å². The monoisotopic (exact) mass is 426 g/mol. The number of aliphatic imine (C=N–C) groups is 1. The molecule has 2 unspecified atom stereocenters. The maximum absolute atomic E-state index is 14.7. The van der Waals surface area contributed by atoms with E-state index in [1.807, 2.05) is 18.9 Å². The van der Waals surface area contributed by atoms with Crippen molar-refractivity contribution in [3.63, 3.8) is 0 Å². The molecule has 3 rings (SSSR count). The maximum atomic E-state index is 14.7. The van der Waals surface area contributed by atoms with E-state index < -0.39 is 6.17 Å². The minimum absolute atomic E-state index is 0.222. The molecule has 5 nitrogen and oxygen atoms in total. The number of piperidine rings is 1. The molecule has 0 aromatic carbocycles. The third-order valence-electron chi connectivity index (χ3n) is 6.04. The van der Waals surface area contributed by atoms with Crippen molar-refractivity contribution in [2.24, 2.45) is 16.6 Å². The second-order valence-electron chi connectivity index (χ2n) is 8.42. The molecule has 2 atom stereocenters. The minimum atomic E-state index is -0.448. The van der Waals surface area contributed by atoms with Gasteiger partial charge in [0.15, 0.2) is 0 Å². The molecule has 31 heavy (non-hydrogen) atoms. The lowest BCUT2D eigenvalue weighted by atomic mass is 9.96. The molecule has 1 aliphatic carbocycles. The topological polar surface area (TPSA) is 65.1 Å². The lowest BCUT2D eigenvalue weighted by molar-refractivity contribution is 0.255. The molecule has 0 aromatic rings. The number of amidine groups is 1. The Hall–Kier alpha value is -2.60. The van der Waals surface area contributed by atoms with Crippen molar-refractivity contribution in [1.82, 2.24) is 9.80 Å². The number of likely N-dealkylation sites (N-methyl/N-ethyl adjacent to an activating group) is 1. The number of likely N-dealkylation sites (tertiary alicyclic amines) is 1. The summed E-state index contributed by atoms with van der Waals surface area (Å²) in [5.74, 6) is 1.24. The van der Waals surface area contributed by atoms with E-state index in [1.165, 1.54) is 29.9 Å². The van der Waals surface area contributed by atoms with Gasteiger partial charge in [0, 0.05) is 37.8 Å². The van der Waals surface area contributed by atoms with Crippen molar-refractivity contribution in [3.05, 3.63) is 71.0 Å². The summed E-state index contributed by atoms with van der Waals surface area (Å²) in [6.45, 7) is 6.44. The summed E-state index contributed by atoms with van der Waals surface area (Å²) in [7, 11) is 1.96. The molecular formula is C25H35FN4O. The summed E-state index contributed by atoms with van der Waals surface area (Å²) in [6.07, 6.45) is 15.7. The highest BCUT2D eigenvalue weighted by Gasteiger charge is 2.32. The van der Waals surface area contributed by atoms with Gasteiger partial charge in [0.2, 0.25) is 0 Å². The highest BCUT2D eigenvalue weighted by molar-refractivity contribution is 6.03. The minimum Gasteiger partial charge on any atom is -0.512 e. The molecule has 0 radical (unpaired) electrons. The molecule has 168 valence electrons. The van der Waals surface area contributed by atoms with Crippen molar-refractivity contribution >= 4 is 5.84 Å². The summed E-state index contributed by atoms with van der Waals surface area (Å²) in [4.78, 5) is 9.33. The first kappa shape index (κ1) is 23.1. The van der Waals surface area contributed by atoms with E-state index >= 15 is 0 Å². The summed E-state index contributed by atoms with van der Waals surface area (Å²) < 4.78 is 14.7. The number of halogens is 1. The Morgan fingerprint density at radius 3 is 2.94 bits per heavy atom. The standard InChI is InChI=1S/C25H35FN4O/c1-4-21(31)11-6-10-20(26)15-24-28-25(30-13-7-9-19(16-27)17-30)22-12-5-8-18(2)14-23(22)29(24)3/h6,8,10-12,14-15,19,24,31H,4-5,7,9,13,16-17,27H2,1-3H3/b10-6-,20-15-,21-11+. The Bertz CT molecular complexity index is 878. The molecule has 6 heteroatoms. The Morgan fingerprint density at radius 1 is 1.39 bits per heavy atom. The molecule has 0 aromatic heterocycles. The molecule has 3 aliphatic rings. The van der Waals surface area contributed by atoms with Crippen LogP contribution in [0.4, 0.5) is 4.39 Å². The van der Waals surface area contributed by atoms with Crippen molar-refractivity contribution in [1.29, 1.82) is 0 Å². The Balaban J connectivity index is 1.96. The lowest BCUT2D eigenvalue weighted by Gasteiger charge is -2.41. The molecule has 3 N–H and O–H groups in total. The fourth-order valence-corrected chi connectivity index (χ4v) is 4.16. The van der Waals surface area contributed by atoms with Crippen LogP contribution in [0, 0.1) is 5.92 Å². The predicted octanol–water partition coefficient (Wildman–Crippen LogP) is 4.75. The zero-order valence-electron chi connectivity index (χ0n) is 18.9. The first-order chi connectivity index (χ1) is 14.9. The molecule has 0 saturated carbocycles. The van der Waals surface area contributed by atoms with Gasteiger partial charge in [0.25, 0.3) is 0 Å². The van der Waals surface area contributed by atoms with Crippen LogP contribution in [0.1, 0.15) is 39.5 Å². The molecule has 1 fully saturated rings. The molecule has 0 spiro atoms. The van der Waals surface area contributed by atoms with Crippen LogP contribution in [-0.4, -0.2) is 53.6 Å². The molecule has 2 heterocycles. The van der Waals surface area contributed by atoms with Crippen LogP contribution in [0.5, 0.6) is 0 Å². The summed E-state index contributed by atoms with van der Waals surface area (Å²) >= 11 is 0. The van der Waals surface area contributed by atoms with Crippen molar-refractivity contribution in [3.8, 4) is 0 Å². The van der Waals surface area contributed by atoms with Crippen molar-refractivity contribution in [2.45, 2.75) is 45.7 Å². The molecule has 0 amide bonds. The van der Waals surface area contributed by atoms with Gasteiger partial charge < -0.3 is 20.6 Å². The average Bonchev–Trinajstić information content (AvgIpc) is 2.97. The number of hydrogen-bond acceptors (Lipinski definition) is 5. The van der Waals surface area contributed by atoms with E-state index in [2.05, 4.69) is 30.1 Å². The van der Waals surface area contributed by atoms with Crippen molar-refractivity contribution < 1.29 is 9.50 Å². The van der Waals surface area contributed by atoms with Gasteiger partial charge in [-0.1, -0.05) is 30.7 Å². The zero-order chi connectivity index (χ0) is 22.4.